The monoisotopic (exact) mass is 298 g/mol. The van der Waals surface area contributed by atoms with Crippen LogP contribution in [0.2, 0.25) is 0 Å². The van der Waals surface area contributed by atoms with E-state index in [0.29, 0.717) is 4.91 Å². The third kappa shape index (κ3) is 2.52. The number of benzene rings is 2. The SMILES string of the molecule is CN(C)c1ccc(/C=C2\SC(=O)NC2=O)c2ccccc12. The molecule has 4 nitrogen and oxygen atoms in total. The maximum atomic E-state index is 11.7. The molecule has 0 aromatic heterocycles. The van der Waals surface area contributed by atoms with Gasteiger partial charge in [-0.2, -0.15) is 0 Å². The van der Waals surface area contributed by atoms with Crippen molar-refractivity contribution in [3.63, 3.8) is 0 Å². The molecule has 0 bridgehead atoms. The molecular formula is C16H14N2O2S. The highest BCUT2D eigenvalue weighted by atomic mass is 32.2. The second-order valence-electron chi connectivity index (χ2n) is 4.97. The summed E-state index contributed by atoms with van der Waals surface area (Å²) in [4.78, 5) is 25.4. The molecule has 0 radical (unpaired) electrons. The van der Waals surface area contributed by atoms with Gasteiger partial charge in [-0.1, -0.05) is 30.3 Å². The molecule has 3 rings (SSSR count). The van der Waals surface area contributed by atoms with Gasteiger partial charge >= 0.3 is 0 Å². The second-order valence-corrected chi connectivity index (χ2v) is 5.98. The Morgan fingerprint density at radius 3 is 2.38 bits per heavy atom. The van der Waals surface area contributed by atoms with E-state index in [4.69, 9.17) is 0 Å². The third-order valence-electron chi connectivity index (χ3n) is 3.35. The molecule has 1 fully saturated rings. The van der Waals surface area contributed by atoms with E-state index in [9.17, 15) is 9.59 Å². The number of anilines is 1. The van der Waals surface area contributed by atoms with Gasteiger partial charge in [-0.15, -0.1) is 0 Å². The number of nitrogens with zero attached hydrogens (tertiary/aromatic N) is 1. The third-order valence-corrected chi connectivity index (χ3v) is 4.16. The summed E-state index contributed by atoms with van der Waals surface area (Å²) >= 11 is 0.939. The largest absolute Gasteiger partial charge is 0.377 e. The zero-order chi connectivity index (χ0) is 15.0. The lowest BCUT2D eigenvalue weighted by molar-refractivity contribution is -0.115. The van der Waals surface area contributed by atoms with Crippen molar-refractivity contribution in [2.24, 2.45) is 0 Å². The fourth-order valence-electron chi connectivity index (χ4n) is 2.38. The Hall–Kier alpha value is -2.27. The van der Waals surface area contributed by atoms with Crippen LogP contribution in [0.1, 0.15) is 5.56 Å². The van der Waals surface area contributed by atoms with Crippen LogP contribution in [-0.4, -0.2) is 25.2 Å². The van der Waals surface area contributed by atoms with Gasteiger partial charge in [0.2, 0.25) is 0 Å². The minimum atomic E-state index is -0.328. The van der Waals surface area contributed by atoms with E-state index >= 15 is 0 Å². The van der Waals surface area contributed by atoms with Gasteiger partial charge < -0.3 is 4.90 Å². The molecule has 0 atom stereocenters. The second kappa shape index (κ2) is 5.26. The molecule has 1 heterocycles. The van der Waals surface area contributed by atoms with Crippen LogP contribution in [0, 0.1) is 0 Å². The molecule has 2 amide bonds. The highest BCUT2D eigenvalue weighted by Gasteiger charge is 2.25. The van der Waals surface area contributed by atoms with Crippen LogP contribution in [0.25, 0.3) is 16.8 Å². The molecule has 1 aliphatic rings. The van der Waals surface area contributed by atoms with E-state index in [1.807, 2.05) is 44.4 Å². The average molecular weight is 298 g/mol. The first kappa shape index (κ1) is 13.7. The van der Waals surface area contributed by atoms with Crippen LogP contribution in [0.15, 0.2) is 41.3 Å². The Labute approximate surface area is 126 Å². The summed E-state index contributed by atoms with van der Waals surface area (Å²) in [6, 6.07) is 12.0. The summed E-state index contributed by atoms with van der Waals surface area (Å²) in [6.07, 6.45) is 1.77. The van der Waals surface area contributed by atoms with Crippen LogP contribution in [0.4, 0.5) is 10.5 Å². The number of imide groups is 1. The first-order chi connectivity index (χ1) is 10.1. The van der Waals surface area contributed by atoms with E-state index in [0.717, 1.165) is 33.8 Å². The smallest absolute Gasteiger partial charge is 0.290 e. The average Bonchev–Trinajstić information content (AvgIpc) is 2.77. The number of hydrogen-bond acceptors (Lipinski definition) is 4. The molecular weight excluding hydrogens is 284 g/mol. The predicted molar refractivity (Wildman–Crippen MR) is 87.4 cm³/mol. The summed E-state index contributed by atoms with van der Waals surface area (Å²) in [7, 11) is 4.00. The molecule has 1 N–H and O–H groups in total. The lowest BCUT2D eigenvalue weighted by Gasteiger charge is -2.16. The van der Waals surface area contributed by atoms with Crippen molar-refractivity contribution in [2.75, 3.05) is 19.0 Å². The molecule has 0 saturated carbocycles. The lowest BCUT2D eigenvalue weighted by Crippen LogP contribution is -2.17. The van der Waals surface area contributed by atoms with Crippen molar-refractivity contribution in [1.29, 1.82) is 0 Å². The zero-order valence-electron chi connectivity index (χ0n) is 11.7. The highest BCUT2D eigenvalue weighted by Crippen LogP contribution is 2.32. The maximum Gasteiger partial charge on any atom is 0.290 e. The quantitative estimate of drug-likeness (QED) is 0.865. The number of amides is 2. The minimum absolute atomic E-state index is 0.319. The van der Waals surface area contributed by atoms with Gasteiger partial charge in [0.1, 0.15) is 0 Å². The zero-order valence-corrected chi connectivity index (χ0v) is 12.5. The summed E-state index contributed by atoms with van der Waals surface area (Å²) in [6.45, 7) is 0. The Balaban J connectivity index is 2.17. The molecule has 1 aliphatic heterocycles. The summed E-state index contributed by atoms with van der Waals surface area (Å²) in [5.41, 5.74) is 2.05. The highest BCUT2D eigenvalue weighted by molar-refractivity contribution is 8.18. The molecule has 1 saturated heterocycles. The van der Waals surface area contributed by atoms with Crippen molar-refractivity contribution < 1.29 is 9.59 Å². The molecule has 5 heteroatoms. The van der Waals surface area contributed by atoms with Gasteiger partial charge in [-0.25, -0.2) is 0 Å². The first-order valence-electron chi connectivity index (χ1n) is 6.50. The topological polar surface area (TPSA) is 49.4 Å². The normalized spacial score (nSPS) is 16.6. The number of carbonyl (C=O) groups is 2. The van der Waals surface area contributed by atoms with Crippen LogP contribution in [-0.2, 0) is 4.79 Å². The Bertz CT molecular complexity index is 781. The fourth-order valence-corrected chi connectivity index (χ4v) is 3.06. The van der Waals surface area contributed by atoms with Crippen LogP contribution in [0.5, 0.6) is 0 Å². The summed E-state index contributed by atoms with van der Waals surface area (Å²) in [5.74, 6) is -0.328. The van der Waals surface area contributed by atoms with Crippen LogP contribution < -0.4 is 10.2 Å². The van der Waals surface area contributed by atoms with Crippen molar-refractivity contribution in [1.82, 2.24) is 5.32 Å². The van der Waals surface area contributed by atoms with Gasteiger partial charge in [0.05, 0.1) is 4.91 Å². The number of fused-ring (bicyclic) bond motifs is 1. The van der Waals surface area contributed by atoms with Gasteiger partial charge in [-0.3, -0.25) is 14.9 Å². The summed E-state index contributed by atoms with van der Waals surface area (Å²) < 4.78 is 0. The fraction of sp³-hybridized carbons (Fsp3) is 0.125. The molecule has 0 unspecified atom stereocenters. The van der Waals surface area contributed by atoms with E-state index in [1.165, 1.54) is 0 Å². The van der Waals surface area contributed by atoms with E-state index in [1.54, 1.807) is 6.08 Å². The number of carbonyl (C=O) groups excluding carboxylic acids is 2. The number of thioether (sulfide) groups is 1. The Morgan fingerprint density at radius 2 is 1.76 bits per heavy atom. The Kier molecular flexibility index (Phi) is 3.43. The number of nitrogens with one attached hydrogen (secondary N) is 1. The first-order valence-corrected chi connectivity index (χ1v) is 7.32. The van der Waals surface area contributed by atoms with E-state index in [-0.39, 0.29) is 11.1 Å². The van der Waals surface area contributed by atoms with Gasteiger partial charge in [-0.05, 0) is 34.9 Å². The number of rotatable bonds is 2. The molecule has 0 aliphatic carbocycles. The molecule has 106 valence electrons. The standard InChI is InChI=1S/C16H14N2O2S/c1-18(2)13-8-7-10(11-5-3-4-6-12(11)13)9-14-15(19)17-16(20)21-14/h3-9H,1-2H3,(H,17,19,20)/b14-9-. The van der Waals surface area contributed by atoms with Gasteiger partial charge in [0.15, 0.2) is 0 Å². The van der Waals surface area contributed by atoms with Crippen LogP contribution >= 0.6 is 11.8 Å². The lowest BCUT2D eigenvalue weighted by atomic mass is 10.0. The molecule has 2 aromatic rings. The minimum Gasteiger partial charge on any atom is -0.377 e. The van der Waals surface area contributed by atoms with Gasteiger partial charge in [0.25, 0.3) is 11.1 Å². The predicted octanol–water partition coefficient (Wildman–Crippen LogP) is 3.23. The molecule has 0 spiro atoms. The summed E-state index contributed by atoms with van der Waals surface area (Å²) in [5, 5.41) is 4.13. The van der Waals surface area contributed by atoms with Crippen molar-refractivity contribution in [3.8, 4) is 0 Å². The van der Waals surface area contributed by atoms with Crippen LogP contribution in [0.3, 0.4) is 0 Å². The van der Waals surface area contributed by atoms with Crippen molar-refractivity contribution in [2.45, 2.75) is 0 Å². The number of hydrogen-bond donors (Lipinski definition) is 1. The maximum absolute atomic E-state index is 11.7. The molecule has 21 heavy (non-hydrogen) atoms. The van der Waals surface area contributed by atoms with Gasteiger partial charge in [0, 0.05) is 25.2 Å². The Morgan fingerprint density at radius 1 is 1.05 bits per heavy atom. The van der Waals surface area contributed by atoms with Crippen molar-refractivity contribution in [3.05, 3.63) is 46.9 Å². The van der Waals surface area contributed by atoms with E-state index < -0.39 is 0 Å². The molecule has 2 aromatic carbocycles. The van der Waals surface area contributed by atoms with E-state index in [2.05, 4.69) is 16.3 Å². The van der Waals surface area contributed by atoms with Crippen molar-refractivity contribution >= 4 is 45.4 Å².